The van der Waals surface area contributed by atoms with Crippen molar-refractivity contribution < 1.29 is 14.3 Å². The summed E-state index contributed by atoms with van der Waals surface area (Å²) in [6.07, 6.45) is 8.21. The lowest BCUT2D eigenvalue weighted by Gasteiger charge is -2.39. The molecule has 1 amide bonds. The van der Waals surface area contributed by atoms with E-state index in [0.717, 1.165) is 44.3 Å². The molecule has 2 saturated carbocycles. The second-order valence-electron chi connectivity index (χ2n) is 9.14. The molecule has 160 valence electrons. The molecule has 2 aliphatic rings. The monoisotopic (exact) mass is 400 g/mol. The largest absolute Gasteiger partial charge is 0.466 e. The lowest BCUT2D eigenvalue weighted by molar-refractivity contribution is -0.157. The summed E-state index contributed by atoms with van der Waals surface area (Å²) in [7, 11) is 2.16. The Bertz CT molecular complexity index is 734. The molecule has 0 saturated heterocycles. The maximum absolute atomic E-state index is 12.3. The van der Waals surface area contributed by atoms with Crippen LogP contribution >= 0.6 is 0 Å². The molecule has 1 N–H and O–H groups in total. The zero-order valence-corrected chi connectivity index (χ0v) is 18.4. The van der Waals surface area contributed by atoms with Gasteiger partial charge in [-0.25, -0.2) is 0 Å². The molecular formula is C24H36N2O3. The van der Waals surface area contributed by atoms with Crippen LogP contribution in [0, 0.1) is 12.3 Å². The van der Waals surface area contributed by atoms with Crippen molar-refractivity contribution >= 4 is 18.1 Å². The number of hydrogen-bond donors (Lipinski definition) is 1. The number of carbonyl (C=O) groups excluding carboxylic acids is 2. The molecule has 29 heavy (non-hydrogen) atoms. The lowest BCUT2D eigenvalue weighted by atomic mass is 9.73. The van der Waals surface area contributed by atoms with E-state index in [4.69, 9.17) is 4.74 Å². The zero-order chi connectivity index (χ0) is 21.0. The Morgan fingerprint density at radius 1 is 1.28 bits per heavy atom. The van der Waals surface area contributed by atoms with Gasteiger partial charge in [0.2, 0.25) is 6.41 Å². The van der Waals surface area contributed by atoms with Gasteiger partial charge >= 0.3 is 5.97 Å². The number of amides is 1. The van der Waals surface area contributed by atoms with E-state index in [2.05, 4.69) is 36.3 Å². The average Bonchev–Trinajstić information content (AvgIpc) is 2.66. The maximum atomic E-state index is 12.3. The van der Waals surface area contributed by atoms with Gasteiger partial charge in [0.15, 0.2) is 0 Å². The summed E-state index contributed by atoms with van der Waals surface area (Å²) >= 11 is 0. The molecule has 0 bridgehead atoms. The van der Waals surface area contributed by atoms with Crippen LogP contribution in [0.5, 0.6) is 0 Å². The van der Waals surface area contributed by atoms with Gasteiger partial charge in [-0.2, -0.15) is 0 Å². The van der Waals surface area contributed by atoms with Crippen molar-refractivity contribution in [2.24, 2.45) is 5.41 Å². The number of esters is 1. The summed E-state index contributed by atoms with van der Waals surface area (Å²) in [5.74, 6) is 0.518. The fraction of sp³-hybridized carbons (Fsp3) is 0.667. The molecule has 0 unspecified atom stereocenters. The Balaban J connectivity index is 1.71. The summed E-state index contributed by atoms with van der Waals surface area (Å²) in [6.45, 7) is 7.29. The van der Waals surface area contributed by atoms with Gasteiger partial charge in [0.25, 0.3) is 0 Å². The topological polar surface area (TPSA) is 58.6 Å². The van der Waals surface area contributed by atoms with E-state index in [-0.39, 0.29) is 11.4 Å². The van der Waals surface area contributed by atoms with Gasteiger partial charge < -0.3 is 10.1 Å². The second-order valence-corrected chi connectivity index (χ2v) is 9.14. The first kappa shape index (κ1) is 21.8. The number of nitrogens with zero attached hydrogens (tertiary/aromatic N) is 1. The summed E-state index contributed by atoms with van der Waals surface area (Å²) in [4.78, 5) is 26.0. The van der Waals surface area contributed by atoms with E-state index in [1.807, 2.05) is 13.8 Å². The Kier molecular flexibility index (Phi) is 6.99. The molecule has 2 fully saturated rings. The minimum absolute atomic E-state index is 0.0531. The molecule has 0 heterocycles. The van der Waals surface area contributed by atoms with E-state index < -0.39 is 0 Å². The molecule has 2 aliphatic carbocycles. The standard InChI is InChI=1S/C24H36N2O3/c1-5-29-23(28)24(3)13-11-19(12-14-24)26(4)15-21-17(2)9-10-20(18-7-6-8-18)22(21)25-16-27/h9-10,16,18-19H,5-8,11-15H2,1-4H3,(H,25,27). The molecule has 0 radical (unpaired) electrons. The Morgan fingerprint density at radius 2 is 1.97 bits per heavy atom. The predicted octanol–water partition coefficient (Wildman–Crippen LogP) is 4.77. The van der Waals surface area contributed by atoms with E-state index in [9.17, 15) is 9.59 Å². The van der Waals surface area contributed by atoms with Crippen LogP contribution in [0.15, 0.2) is 12.1 Å². The fourth-order valence-electron chi connectivity index (χ4n) is 4.83. The number of aryl methyl sites for hydroxylation is 1. The molecule has 5 nitrogen and oxygen atoms in total. The third-order valence-corrected chi connectivity index (χ3v) is 7.19. The van der Waals surface area contributed by atoms with Crippen LogP contribution in [0.4, 0.5) is 5.69 Å². The van der Waals surface area contributed by atoms with Crippen molar-refractivity contribution in [3.05, 3.63) is 28.8 Å². The highest BCUT2D eigenvalue weighted by atomic mass is 16.5. The lowest BCUT2D eigenvalue weighted by Crippen LogP contribution is -2.41. The first-order chi connectivity index (χ1) is 13.9. The van der Waals surface area contributed by atoms with Crippen molar-refractivity contribution in [1.82, 2.24) is 4.90 Å². The van der Waals surface area contributed by atoms with Crippen LogP contribution in [0.1, 0.15) is 81.4 Å². The number of hydrogen-bond acceptors (Lipinski definition) is 4. The molecule has 0 spiro atoms. The van der Waals surface area contributed by atoms with Gasteiger partial charge in [0.1, 0.15) is 0 Å². The molecule has 5 heteroatoms. The molecule has 3 rings (SSSR count). The Morgan fingerprint density at radius 3 is 2.52 bits per heavy atom. The minimum atomic E-state index is -0.350. The van der Waals surface area contributed by atoms with Crippen LogP contribution < -0.4 is 5.32 Å². The highest BCUT2D eigenvalue weighted by Crippen LogP contribution is 2.43. The summed E-state index contributed by atoms with van der Waals surface area (Å²) in [6, 6.07) is 4.83. The van der Waals surface area contributed by atoms with Gasteiger partial charge in [-0.15, -0.1) is 0 Å². The van der Waals surface area contributed by atoms with Gasteiger partial charge in [0.05, 0.1) is 12.0 Å². The van der Waals surface area contributed by atoms with Gasteiger partial charge in [-0.05, 0) is 89.0 Å². The molecule has 0 aromatic heterocycles. The van der Waals surface area contributed by atoms with Crippen LogP contribution in [0.25, 0.3) is 0 Å². The molecule has 1 aromatic carbocycles. The van der Waals surface area contributed by atoms with Crippen molar-refractivity contribution in [3.63, 3.8) is 0 Å². The minimum Gasteiger partial charge on any atom is -0.466 e. The van der Waals surface area contributed by atoms with Crippen LogP contribution in [0.3, 0.4) is 0 Å². The number of ether oxygens (including phenoxy) is 1. The van der Waals surface area contributed by atoms with Crippen molar-refractivity contribution in [2.75, 3.05) is 19.0 Å². The van der Waals surface area contributed by atoms with Gasteiger partial charge in [-0.1, -0.05) is 18.6 Å². The summed E-state index contributed by atoms with van der Waals surface area (Å²) < 4.78 is 5.29. The predicted molar refractivity (Wildman–Crippen MR) is 116 cm³/mol. The van der Waals surface area contributed by atoms with E-state index >= 15 is 0 Å². The molecule has 1 aromatic rings. The summed E-state index contributed by atoms with van der Waals surface area (Å²) in [5, 5.41) is 3.02. The van der Waals surface area contributed by atoms with Gasteiger partial charge in [0, 0.05) is 18.3 Å². The molecule has 0 atom stereocenters. The van der Waals surface area contributed by atoms with E-state index in [1.165, 1.54) is 36.0 Å². The van der Waals surface area contributed by atoms with E-state index in [1.54, 1.807) is 0 Å². The van der Waals surface area contributed by atoms with Crippen molar-refractivity contribution in [2.45, 2.75) is 84.2 Å². The normalized spacial score (nSPS) is 24.8. The Labute approximate surface area is 175 Å². The van der Waals surface area contributed by atoms with Crippen molar-refractivity contribution in [1.29, 1.82) is 0 Å². The highest BCUT2D eigenvalue weighted by molar-refractivity contribution is 5.77. The molecular weight excluding hydrogens is 364 g/mol. The number of anilines is 1. The van der Waals surface area contributed by atoms with Crippen molar-refractivity contribution in [3.8, 4) is 0 Å². The smallest absolute Gasteiger partial charge is 0.311 e. The first-order valence-corrected chi connectivity index (χ1v) is 11.1. The Hall–Kier alpha value is -1.88. The first-order valence-electron chi connectivity index (χ1n) is 11.1. The second kappa shape index (κ2) is 9.29. The number of nitrogens with one attached hydrogen (secondary N) is 1. The van der Waals surface area contributed by atoms with Crippen LogP contribution in [-0.4, -0.2) is 37.0 Å². The quantitative estimate of drug-likeness (QED) is 0.504. The number of carbonyl (C=O) groups is 2. The van der Waals surface area contributed by atoms with Crippen LogP contribution in [0.2, 0.25) is 0 Å². The number of rotatable bonds is 8. The van der Waals surface area contributed by atoms with Gasteiger partial charge in [-0.3, -0.25) is 14.5 Å². The number of benzene rings is 1. The van der Waals surface area contributed by atoms with Crippen LogP contribution in [-0.2, 0) is 20.9 Å². The molecule has 0 aliphatic heterocycles. The zero-order valence-electron chi connectivity index (χ0n) is 18.4. The SMILES string of the molecule is CCOC(=O)C1(C)CCC(N(C)Cc2c(C)ccc(C3CCC3)c2NC=O)CC1. The fourth-order valence-corrected chi connectivity index (χ4v) is 4.83. The highest BCUT2D eigenvalue weighted by Gasteiger charge is 2.39. The summed E-state index contributed by atoms with van der Waals surface area (Å²) in [5.41, 5.74) is 4.40. The maximum Gasteiger partial charge on any atom is 0.311 e. The third-order valence-electron chi connectivity index (χ3n) is 7.19. The third kappa shape index (κ3) is 4.66. The van der Waals surface area contributed by atoms with E-state index in [0.29, 0.717) is 18.6 Å². The average molecular weight is 401 g/mol.